The van der Waals surface area contributed by atoms with Crippen LogP contribution in [0.15, 0.2) is 151 Å². The molecule has 0 aliphatic rings. The molecule has 0 radical (unpaired) electrons. The van der Waals surface area contributed by atoms with Crippen molar-refractivity contribution in [1.29, 1.82) is 0 Å². The van der Waals surface area contributed by atoms with Gasteiger partial charge in [0.1, 0.15) is 18.6 Å². The number of carboxylic acid groups (broad SMARTS) is 1. The van der Waals surface area contributed by atoms with Gasteiger partial charge in [-0.05, 0) is 164 Å². The molecular weight excluding hydrogens is 1060 g/mol. The summed E-state index contributed by atoms with van der Waals surface area (Å²) in [4.78, 5) is 80.6. The van der Waals surface area contributed by atoms with E-state index in [-0.39, 0.29) is 42.4 Å². The average Bonchev–Trinajstić information content (AvgIpc) is 3.66. The second-order valence-electron chi connectivity index (χ2n) is 22.6. The third-order valence-electron chi connectivity index (χ3n) is 13.5. The van der Waals surface area contributed by atoms with Crippen LogP contribution in [0.1, 0.15) is 208 Å². The van der Waals surface area contributed by atoms with Crippen molar-refractivity contribution in [2.75, 3.05) is 26.2 Å². The van der Waals surface area contributed by atoms with Gasteiger partial charge >= 0.3 is 5.97 Å². The van der Waals surface area contributed by atoms with Gasteiger partial charge in [-0.1, -0.05) is 192 Å². The molecule has 472 valence electrons. The number of carbonyl (C=O) groups is 6. The van der Waals surface area contributed by atoms with Gasteiger partial charge in [-0.25, -0.2) is 0 Å². The number of unbranched alkanes of at least 4 members (excludes halogenated alkanes) is 2. The van der Waals surface area contributed by atoms with E-state index in [1.54, 1.807) is 0 Å². The fourth-order valence-corrected chi connectivity index (χ4v) is 8.35. The van der Waals surface area contributed by atoms with Gasteiger partial charge in [0.05, 0.1) is 0 Å². The van der Waals surface area contributed by atoms with Crippen molar-refractivity contribution in [2.45, 2.75) is 221 Å². The third-order valence-corrected chi connectivity index (χ3v) is 13.5. The molecular formula is C70H110N8O7. The van der Waals surface area contributed by atoms with E-state index in [1.807, 2.05) is 32.1 Å². The topological polar surface area (TPSA) is 232 Å². The zero-order chi connectivity index (χ0) is 62.8. The zero-order valence-electron chi connectivity index (χ0n) is 53.0. The first-order chi connectivity index (χ1) is 41.1. The molecule has 0 spiro atoms. The lowest BCUT2D eigenvalue weighted by atomic mass is 9.76. The van der Waals surface area contributed by atoms with Crippen LogP contribution in [-0.2, 0) is 28.8 Å². The van der Waals surface area contributed by atoms with Crippen LogP contribution in [0.5, 0.6) is 0 Å². The van der Waals surface area contributed by atoms with E-state index in [0.29, 0.717) is 83.8 Å². The molecule has 0 bridgehead atoms. The summed E-state index contributed by atoms with van der Waals surface area (Å²) in [6.45, 7) is 12.9. The minimum atomic E-state index is -1.24. The maximum atomic E-state index is 14.1. The van der Waals surface area contributed by atoms with Gasteiger partial charge in [0.25, 0.3) is 0 Å². The Kier molecular flexibility index (Phi) is 50.4. The molecule has 0 aliphatic heterocycles. The molecule has 0 aromatic rings. The molecule has 6 N–H and O–H groups in total. The second kappa shape index (κ2) is 54.9. The van der Waals surface area contributed by atoms with E-state index >= 15 is 0 Å². The lowest BCUT2D eigenvalue weighted by Gasteiger charge is -2.31. The van der Waals surface area contributed by atoms with E-state index in [9.17, 15) is 33.9 Å². The Morgan fingerprint density at radius 1 is 0.447 bits per heavy atom. The van der Waals surface area contributed by atoms with Crippen molar-refractivity contribution in [1.82, 2.24) is 26.6 Å². The van der Waals surface area contributed by atoms with Crippen LogP contribution in [0.4, 0.5) is 0 Å². The monoisotopic (exact) mass is 1170 g/mol. The minimum absolute atomic E-state index is 0.0824. The number of nitrogens with zero attached hydrogens (tertiary/aromatic N) is 3. The van der Waals surface area contributed by atoms with E-state index in [1.165, 1.54) is 0 Å². The minimum Gasteiger partial charge on any atom is -0.480 e. The van der Waals surface area contributed by atoms with Crippen molar-refractivity contribution >= 4 is 35.5 Å². The molecule has 0 aromatic carbocycles. The van der Waals surface area contributed by atoms with Gasteiger partial charge in [-0.15, -0.1) is 0 Å². The normalized spacial score (nSPS) is 13.4. The highest BCUT2D eigenvalue weighted by Crippen LogP contribution is 2.35. The van der Waals surface area contributed by atoms with E-state index in [0.717, 1.165) is 83.5 Å². The number of allylic oxidation sites excluding steroid dienone is 24. The summed E-state index contributed by atoms with van der Waals surface area (Å²) in [6.07, 6.45) is 69.1. The second-order valence-corrected chi connectivity index (χ2v) is 22.6. The molecule has 5 amide bonds. The standard InChI is InChI=1S/C70H110N8O7/c1-7-9-11-13-15-17-19-21-23-25-27-29-31-33-35-37-39-41-43-51-63(79)72-56-47-45-49-61(67(84)74-60-66(82)83)77-68(85)62(76-65(81)59-70(5,6)54-53-69(3,4)55-58-75-78-71)50-46-48-57-73-64(80)52-44-42-40-38-36-34-32-30-28-26-24-22-20-18-16-14-12-10-8-2/h9-12,15-18,21-24,27-30,33-36,39-42,61-62H,7-8,13-14,19-20,25-26,31-32,37-38,43-60H2,1-6H3,(H,72,79)(H,73,80)(H,74,84)(H,76,81)(H,77,85)(H,82,83)/b11-9-,12-10-,17-15-,18-16-,23-21-,24-22-,29-27-,30-28-,35-33-,36-34-,41-39-,42-40-/t61-,62-/m0/s1. The van der Waals surface area contributed by atoms with E-state index in [4.69, 9.17) is 5.53 Å². The van der Waals surface area contributed by atoms with Crippen LogP contribution in [0.25, 0.3) is 10.4 Å². The fourth-order valence-electron chi connectivity index (χ4n) is 8.35. The van der Waals surface area contributed by atoms with Crippen molar-refractivity contribution in [3.05, 3.63) is 156 Å². The molecule has 85 heavy (non-hydrogen) atoms. The van der Waals surface area contributed by atoms with Crippen LogP contribution in [-0.4, -0.2) is 78.9 Å². The molecule has 0 saturated carbocycles. The molecule has 2 atom stereocenters. The number of carbonyl (C=O) groups excluding carboxylic acids is 5. The smallest absolute Gasteiger partial charge is 0.322 e. The summed E-state index contributed by atoms with van der Waals surface area (Å²) in [5.41, 5.74) is 8.18. The maximum absolute atomic E-state index is 14.1. The van der Waals surface area contributed by atoms with Gasteiger partial charge in [-0.3, -0.25) is 28.8 Å². The fraction of sp³-hybridized carbons (Fsp3) is 0.571. The maximum Gasteiger partial charge on any atom is 0.322 e. The number of nitrogens with one attached hydrogen (secondary N) is 5. The summed E-state index contributed by atoms with van der Waals surface area (Å²) >= 11 is 0. The van der Waals surface area contributed by atoms with Crippen molar-refractivity contribution in [3.8, 4) is 0 Å². The van der Waals surface area contributed by atoms with Crippen molar-refractivity contribution < 1.29 is 33.9 Å². The Morgan fingerprint density at radius 2 is 0.800 bits per heavy atom. The number of azide groups is 1. The van der Waals surface area contributed by atoms with Gasteiger partial charge < -0.3 is 31.7 Å². The molecule has 0 saturated heterocycles. The van der Waals surface area contributed by atoms with Crippen LogP contribution in [0.3, 0.4) is 0 Å². The van der Waals surface area contributed by atoms with Crippen molar-refractivity contribution in [2.24, 2.45) is 15.9 Å². The molecule has 15 heteroatoms. The summed E-state index contributed by atoms with van der Waals surface area (Å²) in [5.74, 6) is -3.00. The molecule has 0 aromatic heterocycles. The summed E-state index contributed by atoms with van der Waals surface area (Å²) in [5, 5.41) is 26.9. The van der Waals surface area contributed by atoms with Gasteiger partial charge in [0, 0.05) is 43.8 Å². The molecule has 0 aliphatic carbocycles. The number of hydrogen-bond acceptors (Lipinski definition) is 7. The molecule has 0 unspecified atom stereocenters. The van der Waals surface area contributed by atoms with E-state index < -0.39 is 41.8 Å². The van der Waals surface area contributed by atoms with Crippen LogP contribution >= 0.6 is 0 Å². The first-order valence-corrected chi connectivity index (χ1v) is 31.5. The van der Waals surface area contributed by atoms with Crippen molar-refractivity contribution in [3.63, 3.8) is 0 Å². The Balaban J connectivity index is 5.28. The number of aliphatic carboxylic acids is 1. The number of hydrogen-bond donors (Lipinski definition) is 6. The first-order valence-electron chi connectivity index (χ1n) is 31.5. The Morgan fingerprint density at radius 3 is 1.16 bits per heavy atom. The van der Waals surface area contributed by atoms with Crippen LogP contribution < -0.4 is 26.6 Å². The predicted octanol–water partition coefficient (Wildman–Crippen LogP) is 15.6. The SMILES string of the molecule is CC/C=C\C/C=C\C/C=C\C/C=C\C/C=C\C/C=C\CCC(=O)NCCCC[C@H](NC(=O)CC(C)(C)CCC(C)(C)CCN=[N+]=[N-])C(=O)N[C@@H](CCCCNC(=O)CC/C=C\C/C=C\C/C=C\C/C=C\C/C=C\C/C=C\CC)C(=O)NCC(=O)O. The summed E-state index contributed by atoms with van der Waals surface area (Å²) in [6, 6.07) is -2.11. The van der Waals surface area contributed by atoms with E-state index in [2.05, 4.69) is 192 Å². The number of carboxylic acids is 1. The third kappa shape index (κ3) is 53.5. The number of amides is 5. The molecule has 0 heterocycles. The van der Waals surface area contributed by atoms with Crippen LogP contribution in [0.2, 0.25) is 0 Å². The summed E-state index contributed by atoms with van der Waals surface area (Å²) < 4.78 is 0. The Hall–Kier alpha value is -6.99. The van der Waals surface area contributed by atoms with Gasteiger partial charge in [0.2, 0.25) is 29.5 Å². The average molecular weight is 1180 g/mol. The molecule has 0 fully saturated rings. The summed E-state index contributed by atoms with van der Waals surface area (Å²) in [7, 11) is 0. The highest BCUT2D eigenvalue weighted by atomic mass is 16.4. The zero-order valence-corrected chi connectivity index (χ0v) is 53.0. The highest BCUT2D eigenvalue weighted by molar-refractivity contribution is 5.93. The number of rotatable bonds is 52. The lowest BCUT2D eigenvalue weighted by Crippen LogP contribution is -2.54. The predicted molar refractivity (Wildman–Crippen MR) is 353 cm³/mol. The molecule has 15 nitrogen and oxygen atoms in total. The largest absolute Gasteiger partial charge is 0.480 e. The molecule has 0 rings (SSSR count). The Bertz CT molecular complexity index is 2270. The first kappa shape index (κ1) is 78.0. The Labute approximate surface area is 512 Å². The van der Waals surface area contributed by atoms with Gasteiger partial charge in [0.15, 0.2) is 0 Å². The quantitative estimate of drug-likeness (QED) is 0.0113. The van der Waals surface area contributed by atoms with Crippen LogP contribution in [0, 0.1) is 10.8 Å². The lowest BCUT2D eigenvalue weighted by molar-refractivity contribution is -0.138. The van der Waals surface area contributed by atoms with Gasteiger partial charge in [-0.2, -0.15) is 0 Å². The highest BCUT2D eigenvalue weighted by Gasteiger charge is 2.30.